The van der Waals surface area contributed by atoms with E-state index in [4.69, 9.17) is 0 Å². The van der Waals surface area contributed by atoms with Gasteiger partial charge in [0.1, 0.15) is 0 Å². The van der Waals surface area contributed by atoms with Crippen LogP contribution >= 0.6 is 0 Å². The van der Waals surface area contributed by atoms with Crippen molar-refractivity contribution in [3.05, 3.63) is 13.2 Å². The molecule has 0 heterocycles. The second-order valence-corrected chi connectivity index (χ2v) is 2.22. The van der Waals surface area contributed by atoms with Gasteiger partial charge in [0.15, 0.2) is 0 Å². The Bertz CT molecular complexity index is 127. The summed E-state index contributed by atoms with van der Waals surface area (Å²) in [5.41, 5.74) is 0. The van der Waals surface area contributed by atoms with Crippen LogP contribution in [0, 0.1) is 0 Å². The lowest BCUT2D eigenvalue weighted by atomic mass is 11.3. The summed E-state index contributed by atoms with van der Waals surface area (Å²) in [7, 11) is -1.60. The van der Waals surface area contributed by atoms with Crippen LogP contribution in [0.25, 0.3) is 0 Å². The average molecular weight is 154 g/mol. The molecular formula is C4H10O4S. The zero-order chi connectivity index (χ0) is 7.91. The van der Waals surface area contributed by atoms with Gasteiger partial charge in [0.25, 0.3) is 0 Å². The van der Waals surface area contributed by atoms with Crippen LogP contribution in [-0.2, 0) is 18.8 Å². The molecule has 0 aromatic carbocycles. The molecule has 0 fully saturated rings. The van der Waals surface area contributed by atoms with E-state index in [2.05, 4.69) is 21.5 Å². The van der Waals surface area contributed by atoms with Gasteiger partial charge in [-0.3, -0.25) is 8.37 Å². The van der Waals surface area contributed by atoms with E-state index in [1.807, 2.05) is 0 Å². The molecule has 0 atom stereocenters. The highest BCUT2D eigenvalue weighted by molar-refractivity contribution is 7.81. The van der Waals surface area contributed by atoms with Crippen LogP contribution in [0.3, 0.4) is 0 Å². The van der Waals surface area contributed by atoms with E-state index in [9.17, 15) is 8.42 Å². The fourth-order valence-electron chi connectivity index (χ4n) is 0.0680. The molecule has 0 rings (SSSR count). The van der Waals surface area contributed by atoms with E-state index in [1.54, 1.807) is 0 Å². The predicted molar refractivity (Wildman–Crippen MR) is 34.2 cm³/mol. The average Bonchev–Trinajstić information content (AvgIpc) is 1.93. The minimum atomic E-state index is -3.66. The summed E-state index contributed by atoms with van der Waals surface area (Å²) in [6, 6.07) is 0. The van der Waals surface area contributed by atoms with E-state index in [1.165, 1.54) is 0 Å². The summed E-state index contributed by atoms with van der Waals surface area (Å²) in [6.07, 6.45) is 0. The van der Waals surface area contributed by atoms with Gasteiger partial charge in [0.05, 0.1) is 14.2 Å². The van der Waals surface area contributed by atoms with Gasteiger partial charge in [-0.15, -0.1) is 13.2 Å². The molecule has 9 heavy (non-hydrogen) atoms. The van der Waals surface area contributed by atoms with Crippen LogP contribution in [0.5, 0.6) is 0 Å². The van der Waals surface area contributed by atoms with Crippen molar-refractivity contribution in [2.45, 2.75) is 0 Å². The molecule has 0 radical (unpaired) electrons. The van der Waals surface area contributed by atoms with Gasteiger partial charge in [-0.25, -0.2) is 0 Å². The van der Waals surface area contributed by atoms with E-state index in [0.29, 0.717) is 0 Å². The first kappa shape index (κ1) is 11.4. The summed E-state index contributed by atoms with van der Waals surface area (Å²) in [4.78, 5) is 0. The molecule has 0 N–H and O–H groups in total. The normalized spacial score (nSPS) is 9.56. The van der Waals surface area contributed by atoms with E-state index in [-0.39, 0.29) is 0 Å². The second-order valence-electron chi connectivity index (χ2n) is 0.742. The predicted octanol–water partition coefficient (Wildman–Crippen LogP) is 0.326. The zero-order valence-corrected chi connectivity index (χ0v) is 6.27. The Morgan fingerprint density at radius 3 is 1.33 bits per heavy atom. The maximum atomic E-state index is 9.92. The Hall–Kier alpha value is -0.390. The molecule has 0 unspecified atom stereocenters. The first-order valence-electron chi connectivity index (χ1n) is 1.98. The molecule has 0 bridgehead atoms. The summed E-state index contributed by atoms with van der Waals surface area (Å²) in [5, 5.41) is 0. The van der Waals surface area contributed by atoms with Crippen LogP contribution in [-0.4, -0.2) is 22.6 Å². The topological polar surface area (TPSA) is 52.6 Å². The largest absolute Gasteiger partial charge is 0.399 e. The third-order valence-electron chi connectivity index (χ3n) is 0.408. The molecule has 56 valence electrons. The highest BCUT2D eigenvalue weighted by Gasteiger charge is 2.01. The van der Waals surface area contributed by atoms with E-state index >= 15 is 0 Å². The lowest BCUT2D eigenvalue weighted by Crippen LogP contribution is -2.02. The van der Waals surface area contributed by atoms with Gasteiger partial charge in [-0.05, 0) is 0 Å². The Morgan fingerprint density at radius 2 is 1.33 bits per heavy atom. The molecule has 0 saturated carbocycles. The van der Waals surface area contributed by atoms with E-state index < -0.39 is 10.4 Å². The number of hydrogen-bond donors (Lipinski definition) is 0. The smallest absolute Gasteiger partial charge is 0.252 e. The molecule has 5 heteroatoms. The summed E-state index contributed by atoms with van der Waals surface area (Å²) < 4.78 is 27.5. The zero-order valence-electron chi connectivity index (χ0n) is 5.46. The van der Waals surface area contributed by atoms with Gasteiger partial charge in [0, 0.05) is 0 Å². The van der Waals surface area contributed by atoms with Crippen molar-refractivity contribution in [1.82, 2.24) is 0 Å². The maximum Gasteiger partial charge on any atom is 0.399 e. The van der Waals surface area contributed by atoms with Crippen molar-refractivity contribution in [2.75, 3.05) is 14.2 Å². The first-order valence-corrected chi connectivity index (χ1v) is 3.32. The van der Waals surface area contributed by atoms with Crippen molar-refractivity contribution < 1.29 is 16.8 Å². The van der Waals surface area contributed by atoms with Crippen molar-refractivity contribution in [3.63, 3.8) is 0 Å². The highest BCUT2D eigenvalue weighted by atomic mass is 32.3. The molecule has 0 aromatic heterocycles. The fourth-order valence-corrected chi connectivity index (χ4v) is 0.204. The molecule has 0 aromatic rings. The molecule has 0 spiro atoms. The molecule has 0 saturated heterocycles. The SMILES string of the molecule is C=C.COS(=O)(=O)OC. The Balaban J connectivity index is 0. The number of rotatable bonds is 2. The monoisotopic (exact) mass is 154 g/mol. The summed E-state index contributed by atoms with van der Waals surface area (Å²) in [5.74, 6) is 0. The van der Waals surface area contributed by atoms with Crippen LogP contribution < -0.4 is 0 Å². The van der Waals surface area contributed by atoms with Crippen LogP contribution in [0.4, 0.5) is 0 Å². The van der Waals surface area contributed by atoms with Crippen LogP contribution in [0.1, 0.15) is 0 Å². The molecular weight excluding hydrogens is 144 g/mol. The van der Waals surface area contributed by atoms with Crippen LogP contribution in [0.15, 0.2) is 13.2 Å². The second kappa shape index (κ2) is 5.74. The third kappa shape index (κ3) is 7.61. The van der Waals surface area contributed by atoms with Crippen LogP contribution in [0.2, 0.25) is 0 Å². The molecule has 0 aliphatic rings. The molecule has 0 amide bonds. The quantitative estimate of drug-likeness (QED) is 0.538. The minimum absolute atomic E-state index is 1.03. The van der Waals surface area contributed by atoms with Crippen molar-refractivity contribution >= 4 is 10.4 Å². The highest BCUT2D eigenvalue weighted by Crippen LogP contribution is 1.85. The lowest BCUT2D eigenvalue weighted by molar-refractivity contribution is 0.286. The Morgan fingerprint density at radius 1 is 1.11 bits per heavy atom. The van der Waals surface area contributed by atoms with Crippen molar-refractivity contribution in [3.8, 4) is 0 Å². The van der Waals surface area contributed by atoms with Gasteiger partial charge < -0.3 is 0 Å². The summed E-state index contributed by atoms with van der Waals surface area (Å²) >= 11 is 0. The molecule has 4 nitrogen and oxygen atoms in total. The van der Waals surface area contributed by atoms with Gasteiger partial charge in [0.2, 0.25) is 0 Å². The molecule has 0 aliphatic carbocycles. The standard InChI is InChI=1S/C2H6O4S.C2H4/c1-5-7(3,4)6-2;1-2/h1-2H3;1-2H2. The van der Waals surface area contributed by atoms with Gasteiger partial charge >= 0.3 is 10.4 Å². The Labute approximate surface area is 55.4 Å². The summed E-state index contributed by atoms with van der Waals surface area (Å²) in [6.45, 7) is 6.00. The molecule has 0 aliphatic heterocycles. The first-order chi connectivity index (χ1) is 4.12. The van der Waals surface area contributed by atoms with E-state index in [0.717, 1.165) is 14.2 Å². The third-order valence-corrected chi connectivity index (χ3v) is 1.22. The van der Waals surface area contributed by atoms with Gasteiger partial charge in [-0.2, -0.15) is 8.42 Å². The van der Waals surface area contributed by atoms with Crippen molar-refractivity contribution in [1.29, 1.82) is 0 Å². The maximum absolute atomic E-state index is 9.92. The van der Waals surface area contributed by atoms with Crippen molar-refractivity contribution in [2.24, 2.45) is 0 Å². The lowest BCUT2D eigenvalue weighted by Gasteiger charge is -1.91. The number of hydrogen-bond acceptors (Lipinski definition) is 4. The van der Waals surface area contributed by atoms with Gasteiger partial charge in [-0.1, -0.05) is 0 Å². The Kier molecular flexibility index (Phi) is 7.28. The fraction of sp³-hybridized carbons (Fsp3) is 0.500. The minimum Gasteiger partial charge on any atom is -0.252 e.